The molecule has 9 heteroatoms. The Hall–Kier alpha value is -2.32. The van der Waals surface area contributed by atoms with Crippen molar-refractivity contribution in [1.29, 1.82) is 0 Å². The molecule has 1 aliphatic heterocycles. The van der Waals surface area contributed by atoms with E-state index in [1.54, 1.807) is 12.1 Å². The van der Waals surface area contributed by atoms with Gasteiger partial charge in [0.05, 0.1) is 0 Å². The van der Waals surface area contributed by atoms with Crippen molar-refractivity contribution in [2.24, 2.45) is 5.73 Å². The number of nitrogens with two attached hydrogens (primary N) is 2. The predicted molar refractivity (Wildman–Crippen MR) is 92.6 cm³/mol. The smallest absolute Gasteiger partial charge is 0.246 e. The summed E-state index contributed by atoms with van der Waals surface area (Å²) in [5.41, 5.74) is 12.6. The van der Waals surface area contributed by atoms with Crippen LogP contribution in [0, 0.1) is 0 Å². The Morgan fingerprint density at radius 1 is 1.25 bits per heavy atom. The molecule has 1 amide bonds. The first-order valence-corrected chi connectivity index (χ1v) is 8.12. The minimum absolute atomic E-state index is 0.0478. The van der Waals surface area contributed by atoms with Gasteiger partial charge in [-0.15, -0.1) is 5.10 Å². The molecule has 1 fully saturated rings. The fourth-order valence-corrected chi connectivity index (χ4v) is 2.83. The lowest BCUT2D eigenvalue weighted by atomic mass is 10.0. The largest absolute Gasteiger partial charge is 0.368 e. The van der Waals surface area contributed by atoms with Gasteiger partial charge < -0.3 is 21.3 Å². The van der Waals surface area contributed by atoms with E-state index >= 15 is 0 Å². The number of rotatable bonds is 4. The Morgan fingerprint density at radius 2 is 1.92 bits per heavy atom. The number of carbonyl (C=O) groups is 1. The molecule has 2 aromatic rings. The van der Waals surface area contributed by atoms with E-state index in [4.69, 9.17) is 23.1 Å². The normalized spacial score (nSPS) is 16.2. The summed E-state index contributed by atoms with van der Waals surface area (Å²) in [4.78, 5) is 20.4. The van der Waals surface area contributed by atoms with Gasteiger partial charge in [0.25, 0.3) is 0 Å². The maximum absolute atomic E-state index is 12.4. The van der Waals surface area contributed by atoms with Gasteiger partial charge in [0.2, 0.25) is 17.8 Å². The number of amides is 1. The van der Waals surface area contributed by atoms with Crippen molar-refractivity contribution in [3.63, 3.8) is 0 Å². The van der Waals surface area contributed by atoms with E-state index in [1.165, 1.54) is 0 Å². The van der Waals surface area contributed by atoms with Crippen LogP contribution in [-0.4, -0.2) is 52.2 Å². The van der Waals surface area contributed by atoms with E-state index < -0.39 is 0 Å². The SMILES string of the molecule is Nc1nc(N2CCN(C(=O)CC(N)c3ccc(Cl)cc3)CC2)n[nH]1. The van der Waals surface area contributed by atoms with E-state index in [0.717, 1.165) is 5.56 Å². The second-order valence-electron chi connectivity index (χ2n) is 5.75. The Labute approximate surface area is 144 Å². The lowest BCUT2D eigenvalue weighted by Crippen LogP contribution is -2.49. The molecule has 1 aromatic heterocycles. The van der Waals surface area contributed by atoms with Crippen molar-refractivity contribution in [3.8, 4) is 0 Å². The molecule has 1 aromatic carbocycles. The monoisotopic (exact) mass is 349 g/mol. The fraction of sp³-hybridized carbons (Fsp3) is 0.400. The van der Waals surface area contributed by atoms with Crippen molar-refractivity contribution >= 4 is 29.4 Å². The second-order valence-corrected chi connectivity index (χ2v) is 6.19. The van der Waals surface area contributed by atoms with Gasteiger partial charge in [-0.3, -0.25) is 4.79 Å². The molecule has 0 spiro atoms. The molecule has 3 rings (SSSR count). The summed E-state index contributed by atoms with van der Waals surface area (Å²) in [6, 6.07) is 6.93. The number of H-pyrrole nitrogens is 1. The van der Waals surface area contributed by atoms with Crippen LogP contribution in [0.3, 0.4) is 0 Å². The Bertz CT molecular complexity index is 694. The Kier molecular flexibility index (Phi) is 4.86. The fourth-order valence-electron chi connectivity index (χ4n) is 2.71. The Morgan fingerprint density at radius 3 is 2.50 bits per heavy atom. The number of hydrogen-bond donors (Lipinski definition) is 3. The highest BCUT2D eigenvalue weighted by molar-refractivity contribution is 6.30. The van der Waals surface area contributed by atoms with Crippen molar-refractivity contribution in [2.75, 3.05) is 36.8 Å². The van der Waals surface area contributed by atoms with Crippen LogP contribution in [0.15, 0.2) is 24.3 Å². The highest BCUT2D eigenvalue weighted by Gasteiger charge is 2.24. The zero-order valence-electron chi connectivity index (χ0n) is 13.2. The van der Waals surface area contributed by atoms with E-state index in [0.29, 0.717) is 37.1 Å². The minimum atomic E-state index is -0.333. The molecule has 24 heavy (non-hydrogen) atoms. The van der Waals surface area contributed by atoms with Crippen molar-refractivity contribution in [3.05, 3.63) is 34.9 Å². The summed E-state index contributed by atoms with van der Waals surface area (Å²) in [5.74, 6) is 0.904. The van der Waals surface area contributed by atoms with Gasteiger partial charge >= 0.3 is 0 Å². The summed E-state index contributed by atoms with van der Waals surface area (Å²) in [6.45, 7) is 2.56. The van der Waals surface area contributed by atoms with Gasteiger partial charge in [-0.05, 0) is 17.7 Å². The van der Waals surface area contributed by atoms with Gasteiger partial charge in [-0.25, -0.2) is 5.10 Å². The quantitative estimate of drug-likeness (QED) is 0.750. The maximum atomic E-state index is 12.4. The number of anilines is 2. The zero-order chi connectivity index (χ0) is 17.1. The van der Waals surface area contributed by atoms with Crippen LogP contribution in [0.1, 0.15) is 18.0 Å². The number of aromatic nitrogens is 3. The maximum Gasteiger partial charge on any atom is 0.246 e. The third-order valence-corrected chi connectivity index (χ3v) is 4.35. The third-order valence-electron chi connectivity index (χ3n) is 4.10. The van der Waals surface area contributed by atoms with Crippen LogP contribution in [0.25, 0.3) is 0 Å². The number of carbonyl (C=O) groups excluding carboxylic acids is 1. The predicted octanol–water partition coefficient (Wildman–Crippen LogP) is 0.779. The highest BCUT2D eigenvalue weighted by atomic mass is 35.5. The van der Waals surface area contributed by atoms with Gasteiger partial charge in [0, 0.05) is 43.7 Å². The molecule has 1 unspecified atom stereocenters. The number of aromatic amines is 1. The lowest BCUT2D eigenvalue weighted by molar-refractivity contribution is -0.131. The molecule has 1 atom stereocenters. The second kappa shape index (κ2) is 7.06. The molecule has 2 heterocycles. The van der Waals surface area contributed by atoms with Crippen molar-refractivity contribution in [2.45, 2.75) is 12.5 Å². The summed E-state index contributed by atoms with van der Waals surface area (Å²) in [7, 11) is 0. The van der Waals surface area contributed by atoms with E-state index in [2.05, 4.69) is 15.2 Å². The van der Waals surface area contributed by atoms with Gasteiger partial charge in [0.1, 0.15) is 0 Å². The first-order valence-electron chi connectivity index (χ1n) is 7.74. The third kappa shape index (κ3) is 3.77. The van der Waals surface area contributed by atoms with Crippen LogP contribution >= 0.6 is 11.6 Å². The van der Waals surface area contributed by atoms with Gasteiger partial charge in [-0.2, -0.15) is 4.98 Å². The van der Waals surface area contributed by atoms with Gasteiger partial charge in [-0.1, -0.05) is 23.7 Å². The number of halogens is 1. The number of piperazine rings is 1. The first-order chi connectivity index (χ1) is 11.5. The minimum Gasteiger partial charge on any atom is -0.368 e. The lowest BCUT2D eigenvalue weighted by Gasteiger charge is -2.34. The average molecular weight is 350 g/mol. The zero-order valence-corrected chi connectivity index (χ0v) is 13.9. The molecular formula is C15H20ClN7O. The van der Waals surface area contributed by atoms with Crippen LogP contribution < -0.4 is 16.4 Å². The van der Waals surface area contributed by atoms with Crippen molar-refractivity contribution in [1.82, 2.24) is 20.1 Å². The summed E-state index contributed by atoms with van der Waals surface area (Å²) < 4.78 is 0. The molecule has 1 aliphatic rings. The van der Waals surface area contributed by atoms with Crippen LogP contribution in [0.5, 0.6) is 0 Å². The van der Waals surface area contributed by atoms with E-state index in [1.807, 2.05) is 21.9 Å². The average Bonchev–Trinajstić information content (AvgIpc) is 3.02. The molecule has 0 saturated carbocycles. The van der Waals surface area contributed by atoms with Crippen LogP contribution in [-0.2, 0) is 4.79 Å². The molecule has 8 nitrogen and oxygen atoms in total. The number of nitrogen functional groups attached to an aromatic ring is 1. The van der Waals surface area contributed by atoms with E-state index in [-0.39, 0.29) is 24.3 Å². The number of hydrogen-bond acceptors (Lipinski definition) is 6. The molecule has 1 saturated heterocycles. The summed E-state index contributed by atoms with van der Waals surface area (Å²) >= 11 is 5.87. The number of nitrogens with one attached hydrogen (secondary N) is 1. The van der Waals surface area contributed by atoms with Crippen molar-refractivity contribution < 1.29 is 4.79 Å². The number of nitrogens with zero attached hydrogens (tertiary/aromatic N) is 4. The summed E-state index contributed by atoms with van der Waals surface area (Å²) in [5, 5.41) is 7.31. The standard InChI is InChI=1S/C15H20ClN7O/c16-11-3-1-10(2-4-11)12(17)9-13(24)22-5-7-23(8-6-22)15-19-14(18)20-21-15/h1-4,12H,5-9,17H2,(H3,18,19,20,21). The first kappa shape index (κ1) is 16.5. The highest BCUT2D eigenvalue weighted by Crippen LogP contribution is 2.19. The molecular weight excluding hydrogens is 330 g/mol. The molecule has 0 radical (unpaired) electrons. The number of benzene rings is 1. The van der Waals surface area contributed by atoms with Gasteiger partial charge in [0.15, 0.2) is 0 Å². The summed E-state index contributed by atoms with van der Waals surface area (Å²) in [6.07, 6.45) is 0.273. The Balaban J connectivity index is 1.52. The topological polar surface area (TPSA) is 117 Å². The molecule has 128 valence electrons. The van der Waals surface area contributed by atoms with E-state index in [9.17, 15) is 4.79 Å². The molecule has 5 N–H and O–H groups in total. The molecule has 0 aliphatic carbocycles. The van der Waals surface area contributed by atoms with Crippen LogP contribution in [0.2, 0.25) is 5.02 Å². The molecule has 0 bridgehead atoms. The van der Waals surface area contributed by atoms with Crippen LogP contribution in [0.4, 0.5) is 11.9 Å².